The third-order valence-electron chi connectivity index (χ3n) is 2.74. The predicted molar refractivity (Wildman–Crippen MR) is 85.6 cm³/mol. The minimum absolute atomic E-state index is 0.159. The maximum absolute atomic E-state index is 11.9. The van der Waals surface area contributed by atoms with Gasteiger partial charge < -0.3 is 25.2 Å². The van der Waals surface area contributed by atoms with Crippen LogP contribution in [0.1, 0.15) is 6.92 Å². The Hall–Kier alpha value is -1.60. The summed E-state index contributed by atoms with van der Waals surface area (Å²) in [6, 6.07) is 4.79. The standard InChI is InChI=1S/C14H22N2O4S/c1-14(18,9-21-4)8-15-13(17)16-10-6-5-7-11(19-2)12(10)20-3/h5-7,18H,8-9H2,1-4H3,(H2,15,16,17). The summed E-state index contributed by atoms with van der Waals surface area (Å²) in [4.78, 5) is 11.9. The molecule has 1 atom stereocenters. The molecule has 0 aliphatic heterocycles. The van der Waals surface area contributed by atoms with Crippen LogP contribution in [-0.2, 0) is 0 Å². The molecule has 1 aromatic carbocycles. The maximum Gasteiger partial charge on any atom is 0.319 e. The number of carbonyl (C=O) groups excluding carboxylic acids is 1. The van der Waals surface area contributed by atoms with Crippen LogP contribution in [0, 0.1) is 0 Å². The first kappa shape index (κ1) is 17.5. The van der Waals surface area contributed by atoms with E-state index in [1.54, 1.807) is 25.1 Å². The molecule has 0 fully saturated rings. The number of para-hydroxylation sites is 1. The first-order valence-corrected chi connectivity index (χ1v) is 7.80. The largest absolute Gasteiger partial charge is 0.493 e. The molecule has 0 saturated carbocycles. The lowest BCUT2D eigenvalue weighted by Gasteiger charge is -2.22. The highest BCUT2D eigenvalue weighted by molar-refractivity contribution is 7.98. The van der Waals surface area contributed by atoms with Crippen molar-refractivity contribution in [2.75, 3.05) is 38.1 Å². The van der Waals surface area contributed by atoms with E-state index in [1.807, 2.05) is 6.26 Å². The number of nitrogens with one attached hydrogen (secondary N) is 2. The Kier molecular flexibility index (Phi) is 6.64. The molecule has 7 heteroatoms. The molecule has 0 aliphatic rings. The van der Waals surface area contributed by atoms with Crippen molar-refractivity contribution in [3.05, 3.63) is 18.2 Å². The van der Waals surface area contributed by atoms with Gasteiger partial charge in [-0.3, -0.25) is 0 Å². The van der Waals surface area contributed by atoms with Crippen LogP contribution in [-0.4, -0.2) is 49.5 Å². The Morgan fingerprint density at radius 2 is 2.10 bits per heavy atom. The smallest absolute Gasteiger partial charge is 0.319 e. The lowest BCUT2D eigenvalue weighted by molar-refractivity contribution is 0.0876. The van der Waals surface area contributed by atoms with Crippen molar-refractivity contribution >= 4 is 23.5 Å². The molecule has 0 radical (unpaired) electrons. The van der Waals surface area contributed by atoms with E-state index in [0.29, 0.717) is 22.9 Å². The fourth-order valence-electron chi connectivity index (χ4n) is 1.78. The van der Waals surface area contributed by atoms with Gasteiger partial charge in [-0.15, -0.1) is 0 Å². The lowest BCUT2D eigenvalue weighted by atomic mass is 10.1. The van der Waals surface area contributed by atoms with Gasteiger partial charge >= 0.3 is 6.03 Å². The SMILES string of the molecule is COc1cccc(NC(=O)NCC(C)(O)CSC)c1OC. The second-order valence-corrected chi connectivity index (χ2v) is 5.64. The lowest BCUT2D eigenvalue weighted by Crippen LogP contribution is -2.43. The van der Waals surface area contributed by atoms with Crippen LogP contribution in [0.25, 0.3) is 0 Å². The molecule has 0 saturated heterocycles. The Morgan fingerprint density at radius 1 is 1.38 bits per heavy atom. The summed E-state index contributed by atoms with van der Waals surface area (Å²) in [5, 5.41) is 15.3. The van der Waals surface area contributed by atoms with E-state index in [9.17, 15) is 9.90 Å². The molecule has 3 N–H and O–H groups in total. The van der Waals surface area contributed by atoms with Gasteiger partial charge in [0.05, 0.1) is 25.5 Å². The van der Waals surface area contributed by atoms with E-state index in [1.165, 1.54) is 26.0 Å². The van der Waals surface area contributed by atoms with Gasteiger partial charge in [0.2, 0.25) is 0 Å². The third-order valence-corrected chi connectivity index (χ3v) is 3.65. The Balaban J connectivity index is 2.67. The number of hydrogen-bond donors (Lipinski definition) is 3. The van der Waals surface area contributed by atoms with Crippen molar-refractivity contribution < 1.29 is 19.4 Å². The van der Waals surface area contributed by atoms with Gasteiger partial charge in [-0.2, -0.15) is 11.8 Å². The number of hydrogen-bond acceptors (Lipinski definition) is 5. The Bertz CT molecular complexity index is 480. The summed E-state index contributed by atoms with van der Waals surface area (Å²) in [7, 11) is 3.03. The maximum atomic E-state index is 11.9. The minimum Gasteiger partial charge on any atom is -0.493 e. The molecule has 1 rings (SSSR count). The molecule has 0 aliphatic carbocycles. The highest BCUT2D eigenvalue weighted by atomic mass is 32.2. The van der Waals surface area contributed by atoms with Gasteiger partial charge in [-0.05, 0) is 25.3 Å². The van der Waals surface area contributed by atoms with Crippen LogP contribution in [0.2, 0.25) is 0 Å². The summed E-state index contributed by atoms with van der Waals surface area (Å²) in [6.07, 6.45) is 1.90. The van der Waals surface area contributed by atoms with Crippen molar-refractivity contribution in [1.82, 2.24) is 5.32 Å². The van der Waals surface area contributed by atoms with Crippen LogP contribution < -0.4 is 20.1 Å². The van der Waals surface area contributed by atoms with Crippen LogP contribution in [0.3, 0.4) is 0 Å². The van der Waals surface area contributed by atoms with E-state index in [-0.39, 0.29) is 6.54 Å². The second kappa shape index (κ2) is 7.99. The average Bonchev–Trinajstić information content (AvgIpc) is 2.45. The molecule has 1 aromatic rings. The Morgan fingerprint density at radius 3 is 2.67 bits per heavy atom. The minimum atomic E-state index is -0.949. The second-order valence-electron chi connectivity index (χ2n) is 4.78. The normalized spacial score (nSPS) is 13.2. The highest BCUT2D eigenvalue weighted by Crippen LogP contribution is 2.34. The fourth-order valence-corrected chi connectivity index (χ4v) is 2.51. The molecular formula is C14H22N2O4S. The number of rotatable bonds is 7. The van der Waals surface area contributed by atoms with Gasteiger partial charge in [-0.1, -0.05) is 6.07 Å². The summed E-state index contributed by atoms with van der Waals surface area (Å²) >= 11 is 1.52. The average molecular weight is 314 g/mol. The zero-order valence-electron chi connectivity index (χ0n) is 12.7. The van der Waals surface area contributed by atoms with Crippen LogP contribution in [0.5, 0.6) is 11.5 Å². The van der Waals surface area contributed by atoms with Crippen LogP contribution in [0.4, 0.5) is 10.5 Å². The van der Waals surface area contributed by atoms with E-state index in [4.69, 9.17) is 9.47 Å². The molecular weight excluding hydrogens is 292 g/mol. The monoisotopic (exact) mass is 314 g/mol. The van der Waals surface area contributed by atoms with Gasteiger partial charge in [0.15, 0.2) is 11.5 Å². The fraction of sp³-hybridized carbons (Fsp3) is 0.500. The number of ether oxygens (including phenoxy) is 2. The van der Waals surface area contributed by atoms with Crippen molar-refractivity contribution in [2.24, 2.45) is 0 Å². The topological polar surface area (TPSA) is 79.8 Å². The molecule has 6 nitrogen and oxygen atoms in total. The van der Waals surface area contributed by atoms with Gasteiger partial charge in [0.25, 0.3) is 0 Å². The van der Waals surface area contributed by atoms with Crippen molar-refractivity contribution in [2.45, 2.75) is 12.5 Å². The predicted octanol–water partition coefficient (Wildman–Crippen LogP) is 1.94. The first-order valence-electron chi connectivity index (χ1n) is 6.40. The zero-order chi connectivity index (χ0) is 15.9. The molecule has 118 valence electrons. The Labute approximate surface area is 129 Å². The number of benzene rings is 1. The number of thioether (sulfide) groups is 1. The number of anilines is 1. The number of aliphatic hydroxyl groups is 1. The summed E-state index contributed by atoms with van der Waals surface area (Å²) in [5.41, 5.74) is -0.450. The summed E-state index contributed by atoms with van der Waals surface area (Å²) < 4.78 is 10.4. The number of urea groups is 1. The summed E-state index contributed by atoms with van der Waals surface area (Å²) in [6.45, 7) is 1.84. The van der Waals surface area contributed by atoms with Gasteiger partial charge in [0.1, 0.15) is 0 Å². The molecule has 0 heterocycles. The zero-order valence-corrected chi connectivity index (χ0v) is 13.5. The van der Waals surface area contributed by atoms with Crippen LogP contribution >= 0.6 is 11.8 Å². The first-order chi connectivity index (χ1) is 9.93. The van der Waals surface area contributed by atoms with E-state index >= 15 is 0 Å². The van der Waals surface area contributed by atoms with Gasteiger partial charge in [-0.25, -0.2) is 4.79 Å². The van der Waals surface area contributed by atoms with E-state index in [0.717, 1.165) is 0 Å². The van der Waals surface area contributed by atoms with Crippen molar-refractivity contribution in [1.29, 1.82) is 0 Å². The molecule has 2 amide bonds. The molecule has 0 aromatic heterocycles. The van der Waals surface area contributed by atoms with E-state index < -0.39 is 11.6 Å². The van der Waals surface area contributed by atoms with E-state index in [2.05, 4.69) is 10.6 Å². The number of carbonyl (C=O) groups is 1. The number of methoxy groups -OCH3 is 2. The highest BCUT2D eigenvalue weighted by Gasteiger charge is 2.21. The van der Waals surface area contributed by atoms with Crippen molar-refractivity contribution in [3.63, 3.8) is 0 Å². The van der Waals surface area contributed by atoms with Crippen LogP contribution in [0.15, 0.2) is 18.2 Å². The van der Waals surface area contributed by atoms with Gasteiger partial charge in [0, 0.05) is 12.3 Å². The summed E-state index contributed by atoms with van der Waals surface area (Å²) in [5.74, 6) is 1.52. The molecule has 21 heavy (non-hydrogen) atoms. The molecule has 1 unspecified atom stereocenters. The third kappa shape index (κ3) is 5.35. The number of amides is 2. The quantitative estimate of drug-likeness (QED) is 0.717. The molecule has 0 bridgehead atoms. The molecule has 0 spiro atoms. The van der Waals surface area contributed by atoms with Crippen molar-refractivity contribution in [3.8, 4) is 11.5 Å².